The Morgan fingerprint density at radius 1 is 1.18 bits per heavy atom. The van der Waals surface area contributed by atoms with Crippen molar-refractivity contribution in [2.45, 2.75) is 18.3 Å². The van der Waals surface area contributed by atoms with E-state index in [4.69, 9.17) is 15.1 Å². The van der Waals surface area contributed by atoms with Gasteiger partial charge in [-0.2, -0.15) is 5.06 Å². The number of carbonyl (C=O) groups is 3. The number of amides is 1. The fourth-order valence-corrected chi connectivity index (χ4v) is 2.41. The Bertz CT molecular complexity index is 631. The van der Waals surface area contributed by atoms with Crippen LogP contribution >= 0.6 is 0 Å². The Labute approximate surface area is 126 Å². The van der Waals surface area contributed by atoms with Crippen LogP contribution in [0.5, 0.6) is 0 Å². The third-order valence-corrected chi connectivity index (χ3v) is 3.53. The van der Waals surface area contributed by atoms with E-state index < -0.39 is 11.9 Å². The summed E-state index contributed by atoms with van der Waals surface area (Å²) in [6.45, 7) is 0. The summed E-state index contributed by atoms with van der Waals surface area (Å²) in [5, 5.41) is 17.0. The van der Waals surface area contributed by atoms with Crippen LogP contribution in [0.4, 0.5) is 5.69 Å². The maximum absolute atomic E-state index is 12.0. The second-order valence-electron chi connectivity index (χ2n) is 4.89. The first-order valence-electron chi connectivity index (χ1n) is 6.54. The minimum atomic E-state index is -1.26. The molecular formula is C15H15NO6. The Hall–Kier alpha value is -2.67. The van der Waals surface area contributed by atoms with Crippen molar-refractivity contribution in [3.05, 3.63) is 42.0 Å². The van der Waals surface area contributed by atoms with Gasteiger partial charge in [-0.15, -0.1) is 0 Å². The molecule has 1 spiro atoms. The number of carbonyl (C=O) groups excluding carboxylic acids is 1. The van der Waals surface area contributed by atoms with Gasteiger partial charge in [-0.05, 0) is 24.5 Å². The maximum Gasteiger partial charge on any atom is 0.328 e. The summed E-state index contributed by atoms with van der Waals surface area (Å²) in [5.74, 6) is -2.42. The molecule has 1 saturated carbocycles. The van der Waals surface area contributed by atoms with Crippen LogP contribution in [0.3, 0.4) is 0 Å². The molecule has 1 aromatic carbocycles. The highest BCUT2D eigenvalue weighted by atomic mass is 16.7. The van der Waals surface area contributed by atoms with Gasteiger partial charge in [-0.3, -0.25) is 9.63 Å². The second-order valence-corrected chi connectivity index (χ2v) is 4.89. The minimum absolute atomic E-state index is 0.0983. The maximum atomic E-state index is 12.0. The number of anilines is 1. The van der Waals surface area contributed by atoms with E-state index in [1.54, 1.807) is 0 Å². The van der Waals surface area contributed by atoms with Crippen LogP contribution < -0.4 is 5.06 Å². The third-order valence-electron chi connectivity index (χ3n) is 3.53. The molecule has 0 atom stereocenters. The van der Waals surface area contributed by atoms with Gasteiger partial charge in [0, 0.05) is 12.2 Å². The number of benzene rings is 1. The zero-order valence-corrected chi connectivity index (χ0v) is 11.9. The molecule has 1 aromatic rings. The Balaban J connectivity index is 0.000000192. The first-order valence-corrected chi connectivity index (χ1v) is 6.54. The zero-order valence-electron chi connectivity index (χ0n) is 11.9. The summed E-state index contributed by atoms with van der Waals surface area (Å²) in [7, 11) is 1.54. The van der Waals surface area contributed by atoms with Gasteiger partial charge in [0.25, 0.3) is 5.91 Å². The smallest absolute Gasteiger partial charge is 0.328 e. The molecule has 0 aromatic heterocycles. The van der Waals surface area contributed by atoms with Crippen LogP contribution in [0, 0.1) is 0 Å². The number of rotatable bonds is 3. The van der Waals surface area contributed by atoms with E-state index in [9.17, 15) is 14.4 Å². The highest BCUT2D eigenvalue weighted by Gasteiger charge is 2.59. The number of hydrogen-bond acceptors (Lipinski definition) is 4. The molecule has 0 saturated heterocycles. The lowest BCUT2D eigenvalue weighted by molar-refractivity contribution is -0.134. The number of fused-ring (bicyclic) bond motifs is 2. The highest BCUT2D eigenvalue weighted by Crippen LogP contribution is 2.57. The van der Waals surface area contributed by atoms with E-state index in [-0.39, 0.29) is 11.3 Å². The average molecular weight is 305 g/mol. The van der Waals surface area contributed by atoms with Gasteiger partial charge >= 0.3 is 11.9 Å². The van der Waals surface area contributed by atoms with Crippen molar-refractivity contribution in [2.24, 2.45) is 0 Å². The Morgan fingerprint density at radius 3 is 2.18 bits per heavy atom. The summed E-state index contributed by atoms with van der Waals surface area (Å²) in [5.41, 5.74) is 1.82. The van der Waals surface area contributed by atoms with Crippen molar-refractivity contribution < 1.29 is 29.4 Å². The van der Waals surface area contributed by atoms with Crippen molar-refractivity contribution in [2.75, 3.05) is 12.2 Å². The first kappa shape index (κ1) is 15.7. The van der Waals surface area contributed by atoms with Crippen molar-refractivity contribution in [1.82, 2.24) is 0 Å². The van der Waals surface area contributed by atoms with Gasteiger partial charge in [-0.1, -0.05) is 18.2 Å². The fraction of sp³-hybridized carbons (Fsp3) is 0.267. The van der Waals surface area contributed by atoms with E-state index in [1.165, 1.54) is 12.2 Å². The number of aliphatic carboxylic acids is 2. The quantitative estimate of drug-likeness (QED) is 0.817. The first-order chi connectivity index (χ1) is 10.4. The SMILES string of the molecule is CON1C(=O)C2(CC2)c2ccccc21.O=C(O)/C=C/C(=O)O. The zero-order chi connectivity index (χ0) is 16.3. The fourth-order valence-electron chi connectivity index (χ4n) is 2.41. The van der Waals surface area contributed by atoms with E-state index in [0.717, 1.165) is 24.1 Å². The third kappa shape index (κ3) is 2.84. The molecule has 7 heteroatoms. The molecule has 7 nitrogen and oxygen atoms in total. The van der Waals surface area contributed by atoms with E-state index in [1.807, 2.05) is 24.3 Å². The summed E-state index contributed by atoms with van der Waals surface area (Å²) >= 11 is 0. The lowest BCUT2D eigenvalue weighted by Gasteiger charge is -2.13. The number of hydroxylamine groups is 1. The standard InChI is InChI=1S/C11H11NO2.C4H4O4/c1-14-12-9-5-3-2-4-8(9)11(6-7-11)10(12)13;5-3(6)1-2-4(7)8/h2-5H,6-7H2,1H3;1-2H,(H,5,6)(H,7,8)/b;2-1+. The largest absolute Gasteiger partial charge is 0.478 e. The van der Waals surface area contributed by atoms with Crippen LogP contribution in [-0.4, -0.2) is 35.2 Å². The molecule has 116 valence electrons. The topological polar surface area (TPSA) is 104 Å². The number of para-hydroxylation sites is 1. The van der Waals surface area contributed by atoms with Gasteiger partial charge in [0.05, 0.1) is 18.2 Å². The van der Waals surface area contributed by atoms with Crippen molar-refractivity contribution in [3.63, 3.8) is 0 Å². The second kappa shape index (κ2) is 5.98. The molecular weight excluding hydrogens is 290 g/mol. The Kier molecular flexibility index (Phi) is 4.27. The molecule has 1 heterocycles. The molecule has 2 aliphatic rings. The number of hydrogen-bond donors (Lipinski definition) is 2. The van der Waals surface area contributed by atoms with E-state index in [0.29, 0.717) is 12.2 Å². The molecule has 22 heavy (non-hydrogen) atoms. The molecule has 3 rings (SSSR count). The van der Waals surface area contributed by atoms with Gasteiger partial charge in [-0.25, -0.2) is 9.59 Å². The van der Waals surface area contributed by atoms with Crippen molar-refractivity contribution in [1.29, 1.82) is 0 Å². The van der Waals surface area contributed by atoms with Crippen LogP contribution in [-0.2, 0) is 24.6 Å². The van der Waals surface area contributed by atoms with Crippen molar-refractivity contribution >= 4 is 23.5 Å². The summed E-state index contributed by atoms with van der Waals surface area (Å²) in [4.78, 5) is 36.2. The lowest BCUT2D eigenvalue weighted by atomic mass is 9.98. The van der Waals surface area contributed by atoms with E-state index in [2.05, 4.69) is 0 Å². The van der Waals surface area contributed by atoms with E-state index >= 15 is 0 Å². The summed E-state index contributed by atoms with van der Waals surface area (Å²) in [6, 6.07) is 7.87. The van der Waals surface area contributed by atoms with Crippen LogP contribution in [0.1, 0.15) is 18.4 Å². The highest BCUT2D eigenvalue weighted by molar-refractivity contribution is 6.08. The van der Waals surface area contributed by atoms with Gasteiger partial charge in [0.1, 0.15) is 0 Å². The number of nitrogens with zero attached hydrogens (tertiary/aromatic N) is 1. The number of carboxylic acids is 2. The molecule has 0 bridgehead atoms. The monoisotopic (exact) mass is 305 g/mol. The minimum Gasteiger partial charge on any atom is -0.478 e. The molecule has 0 unspecified atom stereocenters. The van der Waals surface area contributed by atoms with Crippen LogP contribution in [0.25, 0.3) is 0 Å². The average Bonchev–Trinajstić information content (AvgIpc) is 3.24. The van der Waals surface area contributed by atoms with Gasteiger partial charge < -0.3 is 10.2 Å². The molecule has 1 aliphatic carbocycles. The lowest BCUT2D eigenvalue weighted by Crippen LogP contribution is -2.30. The summed E-state index contributed by atoms with van der Waals surface area (Å²) in [6.07, 6.45) is 3.04. The molecule has 1 aliphatic heterocycles. The van der Waals surface area contributed by atoms with Gasteiger partial charge in [0.2, 0.25) is 0 Å². The normalized spacial score (nSPS) is 17.1. The van der Waals surface area contributed by atoms with Crippen LogP contribution in [0.2, 0.25) is 0 Å². The predicted octanol–water partition coefficient (Wildman–Crippen LogP) is 1.34. The molecule has 2 N–H and O–H groups in total. The molecule has 1 amide bonds. The van der Waals surface area contributed by atoms with Crippen molar-refractivity contribution in [3.8, 4) is 0 Å². The summed E-state index contributed by atoms with van der Waals surface area (Å²) < 4.78 is 0. The number of carboxylic acid groups (broad SMARTS) is 2. The van der Waals surface area contributed by atoms with Gasteiger partial charge in [0.15, 0.2) is 0 Å². The molecule has 0 radical (unpaired) electrons. The van der Waals surface area contributed by atoms with Crippen LogP contribution in [0.15, 0.2) is 36.4 Å². The Morgan fingerprint density at radius 2 is 1.73 bits per heavy atom. The molecule has 1 fully saturated rings. The predicted molar refractivity (Wildman–Crippen MR) is 76.3 cm³/mol.